The minimum Gasteiger partial charge on any atom is -0.298 e. The lowest BCUT2D eigenvalue weighted by molar-refractivity contribution is -0.127. The van der Waals surface area contributed by atoms with Crippen molar-refractivity contribution in [3.8, 4) is 0 Å². The number of ketones is 2. The molecule has 2 heteroatoms. The first-order valence-electron chi connectivity index (χ1n) is 7.28. The molecule has 20 heavy (non-hydrogen) atoms. The van der Waals surface area contributed by atoms with Crippen molar-refractivity contribution in [3.05, 3.63) is 34.9 Å². The van der Waals surface area contributed by atoms with Crippen LogP contribution in [0.5, 0.6) is 0 Å². The van der Waals surface area contributed by atoms with Crippen LogP contribution < -0.4 is 0 Å². The summed E-state index contributed by atoms with van der Waals surface area (Å²) in [5.41, 5.74) is 1.78. The van der Waals surface area contributed by atoms with Crippen molar-refractivity contribution in [3.63, 3.8) is 0 Å². The summed E-state index contributed by atoms with van der Waals surface area (Å²) in [6.07, 6.45) is 0. The van der Waals surface area contributed by atoms with Crippen molar-refractivity contribution in [1.82, 2.24) is 0 Å². The molecule has 110 valence electrons. The van der Waals surface area contributed by atoms with Crippen molar-refractivity contribution in [2.24, 2.45) is 11.3 Å². The molecule has 0 unspecified atom stereocenters. The maximum absolute atomic E-state index is 12.8. The van der Waals surface area contributed by atoms with Crippen LogP contribution in [0.25, 0.3) is 0 Å². The highest BCUT2D eigenvalue weighted by atomic mass is 16.2. The monoisotopic (exact) mass is 274 g/mol. The normalized spacial score (nSPS) is 12.1. The molecule has 0 N–H and O–H groups in total. The number of carbonyl (C=O) groups excluding carboxylic acids is 2. The molecule has 1 aromatic rings. The van der Waals surface area contributed by atoms with E-state index in [0.717, 1.165) is 11.1 Å². The third-order valence-electron chi connectivity index (χ3n) is 3.88. The predicted molar refractivity (Wildman–Crippen MR) is 83.2 cm³/mol. The lowest BCUT2D eigenvalue weighted by Crippen LogP contribution is -2.36. The molecule has 0 atom stereocenters. The van der Waals surface area contributed by atoms with Crippen LogP contribution in [0.3, 0.4) is 0 Å². The van der Waals surface area contributed by atoms with Crippen molar-refractivity contribution in [2.45, 2.75) is 54.4 Å². The Balaban J connectivity index is 3.27. The van der Waals surface area contributed by atoms with Crippen LogP contribution in [0.1, 0.15) is 68.9 Å². The first kappa shape index (κ1) is 16.6. The molecule has 0 fully saturated rings. The van der Waals surface area contributed by atoms with E-state index in [-0.39, 0.29) is 17.5 Å². The van der Waals surface area contributed by atoms with Crippen LogP contribution in [0.4, 0.5) is 0 Å². The molecule has 0 heterocycles. The Kier molecular flexibility index (Phi) is 4.90. The summed E-state index contributed by atoms with van der Waals surface area (Å²) < 4.78 is 0. The third kappa shape index (κ3) is 3.17. The van der Waals surface area contributed by atoms with Crippen LogP contribution in [-0.2, 0) is 4.79 Å². The van der Waals surface area contributed by atoms with Crippen molar-refractivity contribution < 1.29 is 9.59 Å². The highest BCUT2D eigenvalue weighted by Crippen LogP contribution is 2.29. The minimum absolute atomic E-state index is 0.00292. The lowest BCUT2D eigenvalue weighted by atomic mass is 9.75. The average molecular weight is 274 g/mol. The lowest BCUT2D eigenvalue weighted by Gasteiger charge is -2.25. The van der Waals surface area contributed by atoms with Gasteiger partial charge in [0.15, 0.2) is 5.78 Å². The summed E-state index contributed by atoms with van der Waals surface area (Å²) in [5, 5.41) is 0. The number of carbonyl (C=O) groups is 2. The van der Waals surface area contributed by atoms with Gasteiger partial charge in [-0.15, -0.1) is 0 Å². The fourth-order valence-electron chi connectivity index (χ4n) is 2.41. The van der Waals surface area contributed by atoms with Crippen molar-refractivity contribution in [1.29, 1.82) is 0 Å². The largest absolute Gasteiger partial charge is 0.298 e. The molecule has 0 saturated heterocycles. The van der Waals surface area contributed by atoms with Crippen LogP contribution in [0.15, 0.2) is 18.2 Å². The molecule has 0 aliphatic rings. The summed E-state index contributed by atoms with van der Waals surface area (Å²) in [6.45, 7) is 13.3. The zero-order valence-corrected chi connectivity index (χ0v) is 13.7. The van der Waals surface area contributed by atoms with Gasteiger partial charge in [0, 0.05) is 11.5 Å². The molecule has 0 bridgehead atoms. The Morgan fingerprint density at radius 3 is 2.05 bits per heavy atom. The molecule has 0 aliphatic heterocycles. The van der Waals surface area contributed by atoms with Gasteiger partial charge in [-0.25, -0.2) is 0 Å². The van der Waals surface area contributed by atoms with E-state index in [1.807, 2.05) is 39.0 Å². The smallest absolute Gasteiger partial charge is 0.176 e. The summed E-state index contributed by atoms with van der Waals surface area (Å²) in [7, 11) is 0. The molecular formula is C18H26O2. The molecule has 2 nitrogen and oxygen atoms in total. The topological polar surface area (TPSA) is 34.1 Å². The van der Waals surface area contributed by atoms with Gasteiger partial charge in [0.25, 0.3) is 0 Å². The molecule has 0 spiro atoms. The number of hydrogen-bond donors (Lipinski definition) is 0. The van der Waals surface area contributed by atoms with E-state index in [1.165, 1.54) is 0 Å². The Morgan fingerprint density at radius 1 is 1.05 bits per heavy atom. The first-order chi connectivity index (χ1) is 9.09. The SMILES string of the molecule is Cc1ccc(C(C)C)cc1C(=O)C(C)(C)C(=O)C(C)C. The third-order valence-corrected chi connectivity index (χ3v) is 3.88. The first-order valence-corrected chi connectivity index (χ1v) is 7.28. The number of benzene rings is 1. The van der Waals surface area contributed by atoms with Gasteiger partial charge in [-0.05, 0) is 43.9 Å². The molecular weight excluding hydrogens is 248 g/mol. The number of aryl methyl sites for hydroxylation is 1. The van der Waals surface area contributed by atoms with Crippen LogP contribution in [0, 0.1) is 18.3 Å². The number of rotatable bonds is 5. The fraction of sp³-hybridized carbons (Fsp3) is 0.556. The second kappa shape index (κ2) is 5.90. The zero-order valence-electron chi connectivity index (χ0n) is 13.7. The van der Waals surface area contributed by atoms with Gasteiger partial charge >= 0.3 is 0 Å². The van der Waals surface area contributed by atoms with Gasteiger partial charge in [-0.3, -0.25) is 9.59 Å². The van der Waals surface area contributed by atoms with E-state index in [2.05, 4.69) is 13.8 Å². The van der Waals surface area contributed by atoms with E-state index in [9.17, 15) is 9.59 Å². The van der Waals surface area contributed by atoms with Gasteiger partial charge in [-0.2, -0.15) is 0 Å². The molecule has 0 amide bonds. The molecule has 1 aromatic carbocycles. The Hall–Kier alpha value is -1.44. The molecule has 0 aliphatic carbocycles. The van der Waals surface area contributed by atoms with Gasteiger partial charge < -0.3 is 0 Å². The standard InChI is InChI=1S/C18H26O2/c1-11(2)14-9-8-13(5)15(10-14)17(20)18(6,7)16(19)12(3)4/h8-12H,1-7H3. The summed E-state index contributed by atoms with van der Waals surface area (Å²) >= 11 is 0. The second-order valence-electron chi connectivity index (χ2n) is 6.70. The summed E-state index contributed by atoms with van der Waals surface area (Å²) in [4.78, 5) is 25.1. The van der Waals surface area contributed by atoms with E-state index >= 15 is 0 Å². The van der Waals surface area contributed by atoms with E-state index in [0.29, 0.717) is 11.5 Å². The minimum atomic E-state index is -0.964. The second-order valence-corrected chi connectivity index (χ2v) is 6.70. The highest BCUT2D eigenvalue weighted by molar-refractivity contribution is 6.15. The maximum Gasteiger partial charge on any atom is 0.176 e. The predicted octanol–water partition coefficient (Wildman–Crippen LogP) is 4.55. The van der Waals surface area contributed by atoms with Gasteiger partial charge in [-0.1, -0.05) is 39.8 Å². The Bertz CT molecular complexity index is 522. The quantitative estimate of drug-likeness (QED) is 0.583. The van der Waals surface area contributed by atoms with Gasteiger partial charge in [0.2, 0.25) is 0 Å². The Labute approximate surface area is 122 Å². The molecule has 0 saturated carbocycles. The summed E-state index contributed by atoms with van der Waals surface area (Å²) in [5.74, 6) is 0.154. The van der Waals surface area contributed by atoms with E-state index < -0.39 is 5.41 Å². The molecule has 0 radical (unpaired) electrons. The van der Waals surface area contributed by atoms with Crippen LogP contribution >= 0.6 is 0 Å². The van der Waals surface area contributed by atoms with E-state index in [1.54, 1.807) is 13.8 Å². The van der Waals surface area contributed by atoms with Crippen LogP contribution in [-0.4, -0.2) is 11.6 Å². The highest BCUT2D eigenvalue weighted by Gasteiger charge is 2.38. The van der Waals surface area contributed by atoms with Gasteiger partial charge in [0.05, 0.1) is 5.41 Å². The van der Waals surface area contributed by atoms with Crippen molar-refractivity contribution >= 4 is 11.6 Å². The maximum atomic E-state index is 12.8. The van der Waals surface area contributed by atoms with Crippen molar-refractivity contribution in [2.75, 3.05) is 0 Å². The fourth-order valence-corrected chi connectivity index (χ4v) is 2.41. The summed E-state index contributed by atoms with van der Waals surface area (Å²) in [6, 6.07) is 5.96. The molecule has 0 aromatic heterocycles. The van der Waals surface area contributed by atoms with E-state index in [4.69, 9.17) is 0 Å². The zero-order chi connectivity index (χ0) is 15.7. The number of Topliss-reactive ketones (excluding diaryl/α,β-unsaturated/α-hetero) is 2. The average Bonchev–Trinajstić information content (AvgIpc) is 2.36. The number of hydrogen-bond acceptors (Lipinski definition) is 2. The van der Waals surface area contributed by atoms with Gasteiger partial charge in [0.1, 0.15) is 5.78 Å². The Morgan fingerprint density at radius 2 is 1.60 bits per heavy atom. The molecule has 1 rings (SSSR count). The van der Waals surface area contributed by atoms with Crippen LogP contribution in [0.2, 0.25) is 0 Å².